The molecule has 0 saturated carbocycles. The number of carbonyl (C=O) groups excluding carboxylic acids is 1. The third kappa shape index (κ3) is 4.54. The maximum Gasteiger partial charge on any atom is 0.226 e. The van der Waals surface area contributed by atoms with Gasteiger partial charge in [-0.2, -0.15) is 0 Å². The standard InChI is InChI=1S/C21H22Cl2N4O2/c1-5-26(2)19(28)10-13-6-7-15(12-18(13)29-4)27(3)14-8-9-17-16(11-14)20(22)25-21(23)24-17/h6-9,11-12H,5,10H2,1-4H3. The maximum absolute atomic E-state index is 12.3. The number of halogens is 2. The van der Waals surface area contributed by atoms with Crippen molar-refractivity contribution in [2.75, 3.05) is 32.6 Å². The van der Waals surface area contributed by atoms with Gasteiger partial charge < -0.3 is 14.5 Å². The van der Waals surface area contributed by atoms with E-state index in [1.165, 1.54) is 0 Å². The highest BCUT2D eigenvalue weighted by Crippen LogP contribution is 2.33. The molecule has 0 aliphatic carbocycles. The Bertz CT molecular complexity index is 1060. The predicted molar refractivity (Wildman–Crippen MR) is 118 cm³/mol. The first kappa shape index (κ1) is 21.1. The second-order valence-corrected chi connectivity index (χ2v) is 7.32. The Hall–Kier alpha value is -2.57. The van der Waals surface area contributed by atoms with Crippen molar-refractivity contribution in [2.45, 2.75) is 13.3 Å². The van der Waals surface area contributed by atoms with Crippen LogP contribution in [0, 0.1) is 0 Å². The van der Waals surface area contributed by atoms with E-state index in [1.807, 2.05) is 55.3 Å². The molecule has 0 spiro atoms. The minimum atomic E-state index is 0.0507. The van der Waals surface area contributed by atoms with Gasteiger partial charge in [-0.1, -0.05) is 17.7 Å². The van der Waals surface area contributed by atoms with Crippen molar-refractivity contribution in [1.82, 2.24) is 14.9 Å². The van der Waals surface area contributed by atoms with Crippen molar-refractivity contribution < 1.29 is 9.53 Å². The lowest BCUT2D eigenvalue weighted by atomic mass is 10.1. The summed E-state index contributed by atoms with van der Waals surface area (Å²) in [4.78, 5) is 24.1. The fourth-order valence-corrected chi connectivity index (χ4v) is 3.42. The molecule has 29 heavy (non-hydrogen) atoms. The second-order valence-electron chi connectivity index (χ2n) is 6.62. The molecule has 0 N–H and O–H groups in total. The van der Waals surface area contributed by atoms with Crippen LogP contribution in [0.2, 0.25) is 10.4 Å². The number of amides is 1. The lowest BCUT2D eigenvalue weighted by Gasteiger charge is -2.22. The molecule has 0 unspecified atom stereocenters. The van der Waals surface area contributed by atoms with E-state index in [9.17, 15) is 4.79 Å². The molecule has 0 atom stereocenters. The summed E-state index contributed by atoms with van der Waals surface area (Å²) in [7, 11) is 5.34. The van der Waals surface area contributed by atoms with Gasteiger partial charge in [-0.25, -0.2) is 9.97 Å². The third-order valence-corrected chi connectivity index (χ3v) is 5.35. The maximum atomic E-state index is 12.3. The molecule has 0 radical (unpaired) electrons. The van der Waals surface area contributed by atoms with E-state index in [-0.39, 0.29) is 11.2 Å². The molecular formula is C21H22Cl2N4O2. The van der Waals surface area contributed by atoms with Gasteiger partial charge in [0.1, 0.15) is 10.9 Å². The molecule has 8 heteroatoms. The van der Waals surface area contributed by atoms with Crippen LogP contribution in [0.4, 0.5) is 11.4 Å². The van der Waals surface area contributed by atoms with Crippen molar-refractivity contribution in [3.05, 3.63) is 52.4 Å². The van der Waals surface area contributed by atoms with Gasteiger partial charge in [-0.05, 0) is 42.8 Å². The van der Waals surface area contributed by atoms with Crippen LogP contribution in [-0.4, -0.2) is 48.5 Å². The van der Waals surface area contributed by atoms with Gasteiger partial charge in [0, 0.05) is 49.0 Å². The summed E-state index contributed by atoms with van der Waals surface area (Å²) in [6, 6.07) is 11.5. The minimum Gasteiger partial charge on any atom is -0.496 e. The fraction of sp³-hybridized carbons (Fsp3) is 0.286. The monoisotopic (exact) mass is 432 g/mol. The van der Waals surface area contributed by atoms with E-state index in [0.29, 0.717) is 29.4 Å². The van der Waals surface area contributed by atoms with E-state index in [0.717, 1.165) is 22.3 Å². The largest absolute Gasteiger partial charge is 0.496 e. The number of benzene rings is 2. The zero-order chi connectivity index (χ0) is 21.1. The summed E-state index contributed by atoms with van der Waals surface area (Å²) in [5.41, 5.74) is 3.34. The van der Waals surface area contributed by atoms with E-state index in [2.05, 4.69) is 9.97 Å². The van der Waals surface area contributed by atoms with Crippen LogP contribution in [0.15, 0.2) is 36.4 Å². The number of aromatic nitrogens is 2. The van der Waals surface area contributed by atoms with Gasteiger partial charge in [-0.3, -0.25) is 4.79 Å². The number of methoxy groups -OCH3 is 1. The number of fused-ring (bicyclic) bond motifs is 1. The Labute approximate surface area is 180 Å². The van der Waals surface area contributed by atoms with Gasteiger partial charge in [0.25, 0.3) is 0 Å². The highest BCUT2D eigenvalue weighted by molar-refractivity contribution is 6.35. The Balaban J connectivity index is 1.92. The van der Waals surface area contributed by atoms with E-state index in [4.69, 9.17) is 27.9 Å². The summed E-state index contributed by atoms with van der Waals surface area (Å²) >= 11 is 12.1. The summed E-state index contributed by atoms with van der Waals surface area (Å²) in [5, 5.41) is 1.14. The number of anilines is 2. The Morgan fingerprint density at radius 2 is 1.76 bits per heavy atom. The van der Waals surface area contributed by atoms with E-state index >= 15 is 0 Å². The Kier molecular flexibility index (Phi) is 6.45. The number of hydrogen-bond donors (Lipinski definition) is 0. The summed E-state index contributed by atoms with van der Waals surface area (Å²) in [6.07, 6.45) is 0.293. The van der Waals surface area contributed by atoms with Crippen LogP contribution in [-0.2, 0) is 11.2 Å². The molecule has 6 nitrogen and oxygen atoms in total. The molecule has 1 aromatic heterocycles. The van der Waals surface area contributed by atoms with Gasteiger partial charge in [0.05, 0.1) is 19.0 Å². The highest BCUT2D eigenvalue weighted by Gasteiger charge is 2.15. The Morgan fingerprint density at radius 1 is 1.07 bits per heavy atom. The molecule has 0 bridgehead atoms. The van der Waals surface area contributed by atoms with Crippen LogP contribution >= 0.6 is 23.2 Å². The second kappa shape index (κ2) is 8.84. The highest BCUT2D eigenvalue weighted by atomic mass is 35.5. The summed E-state index contributed by atoms with van der Waals surface area (Å²) in [6.45, 7) is 2.61. The van der Waals surface area contributed by atoms with Crippen LogP contribution in [0.25, 0.3) is 10.9 Å². The number of likely N-dealkylation sites (N-methyl/N-ethyl adjacent to an activating group) is 1. The fourth-order valence-electron chi connectivity index (χ4n) is 2.97. The molecule has 0 aliphatic rings. The quantitative estimate of drug-likeness (QED) is 0.416. The topological polar surface area (TPSA) is 58.6 Å². The van der Waals surface area contributed by atoms with Crippen LogP contribution in [0.5, 0.6) is 5.75 Å². The SMILES string of the molecule is CCN(C)C(=O)Cc1ccc(N(C)c2ccc3nc(Cl)nc(Cl)c3c2)cc1OC. The molecule has 152 valence electrons. The summed E-state index contributed by atoms with van der Waals surface area (Å²) in [5.74, 6) is 0.718. The third-order valence-electron chi connectivity index (χ3n) is 4.89. The smallest absolute Gasteiger partial charge is 0.226 e. The first-order chi connectivity index (χ1) is 13.8. The van der Waals surface area contributed by atoms with E-state index in [1.54, 1.807) is 19.1 Å². The molecule has 0 saturated heterocycles. The zero-order valence-corrected chi connectivity index (χ0v) is 18.3. The molecule has 1 heterocycles. The van der Waals surface area contributed by atoms with Gasteiger partial charge in [0.15, 0.2) is 0 Å². The van der Waals surface area contributed by atoms with Crippen molar-refractivity contribution in [1.29, 1.82) is 0 Å². The molecule has 2 aromatic carbocycles. The Morgan fingerprint density at radius 3 is 2.45 bits per heavy atom. The van der Waals surface area contributed by atoms with E-state index < -0.39 is 0 Å². The molecular weight excluding hydrogens is 411 g/mol. The molecule has 1 amide bonds. The van der Waals surface area contributed by atoms with Crippen molar-refractivity contribution >= 4 is 51.4 Å². The summed E-state index contributed by atoms with van der Waals surface area (Å²) < 4.78 is 5.54. The molecule has 3 rings (SSSR count). The number of nitrogens with zero attached hydrogens (tertiary/aromatic N) is 4. The molecule has 0 fully saturated rings. The number of ether oxygens (including phenoxy) is 1. The van der Waals surface area contributed by atoms with Crippen LogP contribution in [0.3, 0.4) is 0 Å². The van der Waals surface area contributed by atoms with Crippen LogP contribution < -0.4 is 9.64 Å². The predicted octanol–water partition coefficient (Wildman–Crippen LogP) is 4.73. The van der Waals surface area contributed by atoms with Crippen molar-refractivity contribution in [2.24, 2.45) is 0 Å². The normalized spacial score (nSPS) is 10.8. The van der Waals surface area contributed by atoms with Crippen LogP contribution in [0.1, 0.15) is 12.5 Å². The lowest BCUT2D eigenvalue weighted by Crippen LogP contribution is -2.27. The number of hydrogen-bond acceptors (Lipinski definition) is 5. The number of carbonyl (C=O) groups is 1. The minimum absolute atomic E-state index is 0.0507. The molecule has 0 aliphatic heterocycles. The first-order valence-corrected chi connectivity index (χ1v) is 9.87. The zero-order valence-electron chi connectivity index (χ0n) is 16.7. The first-order valence-electron chi connectivity index (χ1n) is 9.11. The van der Waals surface area contributed by atoms with Crippen molar-refractivity contribution in [3.8, 4) is 5.75 Å². The average Bonchev–Trinajstić information content (AvgIpc) is 2.72. The lowest BCUT2D eigenvalue weighted by molar-refractivity contribution is -0.129. The van der Waals surface area contributed by atoms with Gasteiger partial charge in [-0.15, -0.1) is 0 Å². The van der Waals surface area contributed by atoms with Gasteiger partial charge >= 0.3 is 0 Å². The molecule has 3 aromatic rings. The van der Waals surface area contributed by atoms with Gasteiger partial charge in [0.2, 0.25) is 11.2 Å². The average molecular weight is 433 g/mol. The number of rotatable bonds is 6. The van der Waals surface area contributed by atoms with Crippen molar-refractivity contribution in [3.63, 3.8) is 0 Å².